The number of hydrogen-bond acceptors (Lipinski definition) is 5. The van der Waals surface area contributed by atoms with Crippen LogP contribution in [0.4, 0.5) is 0 Å². The number of ether oxygens (including phenoxy) is 2. The number of carbonyl (C=O) groups excluding carboxylic acids is 1. The van der Waals surface area contributed by atoms with Crippen LogP contribution in [0.5, 0.6) is 11.5 Å². The van der Waals surface area contributed by atoms with Crippen LogP contribution in [0.25, 0.3) is 0 Å². The predicted molar refractivity (Wildman–Crippen MR) is 112 cm³/mol. The first kappa shape index (κ1) is 22.7. The first-order valence-corrected chi connectivity index (χ1v) is 10.7. The van der Waals surface area contributed by atoms with E-state index in [1.54, 1.807) is 33.1 Å². The summed E-state index contributed by atoms with van der Waals surface area (Å²) in [6.07, 6.45) is 0. The van der Waals surface area contributed by atoms with Crippen molar-refractivity contribution in [3.05, 3.63) is 53.6 Å². The molecule has 0 saturated carbocycles. The molecular weight excluding hydrogens is 392 g/mol. The highest BCUT2D eigenvalue weighted by atomic mass is 32.2. The summed E-state index contributed by atoms with van der Waals surface area (Å²) in [5.74, 6) is 0.965. The molecule has 0 spiro atoms. The van der Waals surface area contributed by atoms with E-state index in [0.29, 0.717) is 11.3 Å². The van der Waals surface area contributed by atoms with Crippen LogP contribution in [0.3, 0.4) is 0 Å². The third-order valence-corrected chi connectivity index (χ3v) is 6.59. The molecule has 0 aliphatic rings. The fraction of sp³-hybridized carbons (Fsp3) is 0.381. The van der Waals surface area contributed by atoms with E-state index in [2.05, 4.69) is 5.32 Å². The Balaban J connectivity index is 2.10. The molecule has 0 bridgehead atoms. The molecule has 0 saturated heterocycles. The molecule has 0 fully saturated rings. The van der Waals surface area contributed by atoms with Crippen molar-refractivity contribution in [3.63, 3.8) is 0 Å². The van der Waals surface area contributed by atoms with Crippen molar-refractivity contribution < 1.29 is 22.7 Å². The number of nitrogens with one attached hydrogen (secondary N) is 1. The van der Waals surface area contributed by atoms with Gasteiger partial charge in [0.1, 0.15) is 11.5 Å². The zero-order valence-electron chi connectivity index (χ0n) is 17.4. The van der Waals surface area contributed by atoms with E-state index in [9.17, 15) is 13.2 Å². The molecule has 0 radical (unpaired) electrons. The molecule has 0 heterocycles. The SMILES string of the molecule is CCN(CC(=O)N[C@H](C)c1ccc(OC)cc1)S(=O)(=O)c1ccc(OC)c(C)c1. The summed E-state index contributed by atoms with van der Waals surface area (Å²) >= 11 is 0. The Kier molecular flexibility index (Phi) is 7.64. The smallest absolute Gasteiger partial charge is 0.243 e. The van der Waals surface area contributed by atoms with Crippen molar-refractivity contribution in [1.82, 2.24) is 9.62 Å². The highest BCUT2D eigenvalue weighted by Gasteiger charge is 2.26. The number of likely N-dealkylation sites (N-methyl/N-ethyl adjacent to an activating group) is 1. The van der Waals surface area contributed by atoms with Gasteiger partial charge < -0.3 is 14.8 Å². The maximum Gasteiger partial charge on any atom is 0.243 e. The number of rotatable bonds is 9. The standard InChI is InChI=1S/C21H28N2O5S/c1-6-23(29(25,26)19-11-12-20(28-5)15(2)13-19)14-21(24)22-16(3)17-7-9-18(27-4)10-8-17/h7-13,16H,6,14H2,1-5H3,(H,22,24)/t16-/m1/s1. The summed E-state index contributed by atoms with van der Waals surface area (Å²) in [4.78, 5) is 12.6. The lowest BCUT2D eigenvalue weighted by atomic mass is 10.1. The van der Waals surface area contributed by atoms with Crippen molar-refractivity contribution in [2.24, 2.45) is 0 Å². The second-order valence-electron chi connectivity index (χ2n) is 6.63. The summed E-state index contributed by atoms with van der Waals surface area (Å²) in [5.41, 5.74) is 1.61. The monoisotopic (exact) mass is 420 g/mol. The summed E-state index contributed by atoms with van der Waals surface area (Å²) in [6, 6.07) is 11.7. The van der Waals surface area contributed by atoms with Crippen molar-refractivity contribution in [3.8, 4) is 11.5 Å². The van der Waals surface area contributed by atoms with E-state index in [1.165, 1.54) is 13.2 Å². The number of hydrogen-bond donors (Lipinski definition) is 1. The van der Waals surface area contributed by atoms with Crippen LogP contribution in [0.15, 0.2) is 47.4 Å². The van der Waals surface area contributed by atoms with Gasteiger partial charge in [-0.1, -0.05) is 19.1 Å². The minimum atomic E-state index is -3.80. The molecule has 0 aliphatic heterocycles. The van der Waals surface area contributed by atoms with Crippen LogP contribution in [0.1, 0.15) is 31.0 Å². The van der Waals surface area contributed by atoms with E-state index < -0.39 is 10.0 Å². The van der Waals surface area contributed by atoms with Crippen LogP contribution in [-0.4, -0.2) is 45.9 Å². The van der Waals surface area contributed by atoms with Crippen LogP contribution in [0, 0.1) is 6.92 Å². The molecule has 0 aromatic heterocycles. The summed E-state index contributed by atoms with van der Waals surface area (Å²) in [7, 11) is -0.684. The maximum absolute atomic E-state index is 13.0. The van der Waals surface area contributed by atoms with Gasteiger partial charge in [-0.3, -0.25) is 4.79 Å². The highest BCUT2D eigenvalue weighted by Crippen LogP contribution is 2.24. The lowest BCUT2D eigenvalue weighted by Crippen LogP contribution is -2.41. The molecule has 0 aliphatic carbocycles. The van der Waals surface area contributed by atoms with Crippen LogP contribution < -0.4 is 14.8 Å². The predicted octanol–water partition coefficient (Wildman–Crippen LogP) is 2.90. The molecule has 1 amide bonds. The third-order valence-electron chi connectivity index (χ3n) is 4.67. The van der Waals surface area contributed by atoms with Gasteiger partial charge >= 0.3 is 0 Å². The molecule has 7 nitrogen and oxygen atoms in total. The van der Waals surface area contributed by atoms with Crippen molar-refractivity contribution >= 4 is 15.9 Å². The first-order chi connectivity index (χ1) is 13.7. The molecule has 2 aromatic carbocycles. The molecule has 0 unspecified atom stereocenters. The van der Waals surface area contributed by atoms with Gasteiger partial charge in [0.05, 0.1) is 31.7 Å². The van der Waals surface area contributed by atoms with Gasteiger partial charge in [-0.2, -0.15) is 4.31 Å². The van der Waals surface area contributed by atoms with Crippen molar-refractivity contribution in [2.45, 2.75) is 31.7 Å². The van der Waals surface area contributed by atoms with Crippen LogP contribution in [-0.2, 0) is 14.8 Å². The summed E-state index contributed by atoms with van der Waals surface area (Å²) in [5, 5.41) is 2.85. The maximum atomic E-state index is 13.0. The third kappa shape index (κ3) is 5.48. The van der Waals surface area contributed by atoms with Gasteiger partial charge in [-0.15, -0.1) is 0 Å². The largest absolute Gasteiger partial charge is 0.497 e. The average molecular weight is 421 g/mol. The molecule has 158 valence electrons. The Morgan fingerprint density at radius 1 is 1.10 bits per heavy atom. The minimum Gasteiger partial charge on any atom is -0.497 e. The van der Waals surface area contributed by atoms with E-state index in [0.717, 1.165) is 15.6 Å². The molecule has 2 rings (SSSR count). The quantitative estimate of drug-likeness (QED) is 0.674. The minimum absolute atomic E-state index is 0.133. The second kappa shape index (κ2) is 9.76. The van der Waals surface area contributed by atoms with E-state index in [4.69, 9.17) is 9.47 Å². The van der Waals surface area contributed by atoms with Gasteiger partial charge in [0.15, 0.2) is 0 Å². The van der Waals surface area contributed by atoms with Gasteiger partial charge in [-0.05, 0) is 55.3 Å². The number of amides is 1. The normalized spacial score (nSPS) is 12.5. The first-order valence-electron chi connectivity index (χ1n) is 9.31. The molecule has 2 aromatic rings. The zero-order valence-corrected chi connectivity index (χ0v) is 18.2. The molecular formula is C21H28N2O5S. The van der Waals surface area contributed by atoms with Crippen LogP contribution in [0.2, 0.25) is 0 Å². The summed E-state index contributed by atoms with van der Waals surface area (Å²) < 4.78 is 37.4. The average Bonchev–Trinajstić information content (AvgIpc) is 2.71. The Morgan fingerprint density at radius 2 is 1.76 bits per heavy atom. The Labute approximate surface area is 172 Å². The van der Waals surface area contributed by atoms with Crippen molar-refractivity contribution in [1.29, 1.82) is 0 Å². The molecule has 29 heavy (non-hydrogen) atoms. The number of benzene rings is 2. The lowest BCUT2D eigenvalue weighted by molar-refractivity contribution is -0.121. The van der Waals surface area contributed by atoms with Gasteiger partial charge in [0, 0.05) is 6.54 Å². The number of sulfonamides is 1. The fourth-order valence-corrected chi connectivity index (χ4v) is 4.44. The Hall–Kier alpha value is -2.58. The number of aryl methyl sites for hydroxylation is 1. The molecule has 1 N–H and O–H groups in total. The van der Waals surface area contributed by atoms with Gasteiger partial charge in [0.2, 0.25) is 15.9 Å². The fourth-order valence-electron chi connectivity index (χ4n) is 2.95. The van der Waals surface area contributed by atoms with E-state index in [1.807, 2.05) is 31.2 Å². The second-order valence-corrected chi connectivity index (χ2v) is 8.56. The zero-order chi connectivity index (χ0) is 21.6. The Bertz CT molecular complexity index is 942. The van der Waals surface area contributed by atoms with Gasteiger partial charge in [0.25, 0.3) is 0 Å². The van der Waals surface area contributed by atoms with E-state index in [-0.39, 0.29) is 29.9 Å². The molecule has 1 atom stereocenters. The number of nitrogens with zero attached hydrogens (tertiary/aromatic N) is 1. The molecule has 8 heteroatoms. The van der Waals surface area contributed by atoms with Crippen LogP contribution >= 0.6 is 0 Å². The Morgan fingerprint density at radius 3 is 2.28 bits per heavy atom. The number of carbonyl (C=O) groups is 1. The lowest BCUT2D eigenvalue weighted by Gasteiger charge is -2.22. The van der Waals surface area contributed by atoms with E-state index >= 15 is 0 Å². The highest BCUT2D eigenvalue weighted by molar-refractivity contribution is 7.89. The summed E-state index contributed by atoms with van der Waals surface area (Å²) in [6.45, 7) is 5.24. The van der Waals surface area contributed by atoms with Gasteiger partial charge in [-0.25, -0.2) is 8.42 Å². The van der Waals surface area contributed by atoms with Crippen molar-refractivity contribution in [2.75, 3.05) is 27.3 Å². The topological polar surface area (TPSA) is 84.9 Å². The number of methoxy groups -OCH3 is 2.